The van der Waals surface area contributed by atoms with Gasteiger partial charge in [0, 0.05) is 10.2 Å². The molecule has 0 aliphatic carbocycles. The Hall–Kier alpha value is -1.23. The summed E-state index contributed by atoms with van der Waals surface area (Å²) in [5.41, 5.74) is 9.04. The predicted octanol–water partition coefficient (Wildman–Crippen LogP) is 4.99. The largest absolute Gasteiger partial charge is 0.399 e. The Morgan fingerprint density at radius 2 is 1.90 bits per heavy atom. The van der Waals surface area contributed by atoms with E-state index in [1.54, 1.807) is 0 Å². The minimum atomic E-state index is 0.486. The van der Waals surface area contributed by atoms with Gasteiger partial charge in [0.15, 0.2) is 0 Å². The lowest BCUT2D eigenvalue weighted by molar-refractivity contribution is 1.00. The first-order chi connectivity index (χ1) is 9.49. The lowest BCUT2D eigenvalue weighted by Crippen LogP contribution is -1.98. The molecule has 0 unspecified atom stereocenters. The zero-order chi connectivity index (χ0) is 14.4. The molecule has 0 spiro atoms. The highest BCUT2D eigenvalue weighted by atomic mass is 79.9. The number of aryl methyl sites for hydroxylation is 1. The predicted molar refractivity (Wildman–Crippen MR) is 87.9 cm³/mol. The molecule has 0 atom stereocenters. The summed E-state index contributed by atoms with van der Waals surface area (Å²) >= 11 is 15.9. The second kappa shape index (κ2) is 4.95. The van der Waals surface area contributed by atoms with Crippen LogP contribution in [0.3, 0.4) is 0 Å². The van der Waals surface area contributed by atoms with Gasteiger partial charge in [0.25, 0.3) is 0 Å². The molecule has 20 heavy (non-hydrogen) atoms. The van der Waals surface area contributed by atoms with Gasteiger partial charge in [-0.05, 0) is 53.2 Å². The van der Waals surface area contributed by atoms with Gasteiger partial charge in [0.2, 0.25) is 0 Å². The smallest absolute Gasteiger partial charge is 0.111 e. The molecule has 0 aliphatic rings. The number of benzene rings is 2. The van der Waals surface area contributed by atoms with Crippen molar-refractivity contribution >= 4 is 55.9 Å². The zero-order valence-electron chi connectivity index (χ0n) is 10.5. The molecular formula is C14H10BrCl2N3. The van der Waals surface area contributed by atoms with Crippen molar-refractivity contribution in [2.24, 2.45) is 0 Å². The molecule has 0 bridgehead atoms. The van der Waals surface area contributed by atoms with E-state index in [2.05, 4.69) is 20.9 Å². The number of nitrogen functional groups attached to an aromatic ring is 1. The second-order valence-corrected chi connectivity index (χ2v) is 6.05. The highest BCUT2D eigenvalue weighted by Gasteiger charge is 2.15. The average Bonchev–Trinajstić information content (AvgIpc) is 2.72. The van der Waals surface area contributed by atoms with Gasteiger partial charge in [0.1, 0.15) is 5.82 Å². The van der Waals surface area contributed by atoms with Crippen molar-refractivity contribution in [2.45, 2.75) is 6.92 Å². The summed E-state index contributed by atoms with van der Waals surface area (Å²) in [5.74, 6) is 0.825. The summed E-state index contributed by atoms with van der Waals surface area (Å²) in [7, 11) is 0. The maximum Gasteiger partial charge on any atom is 0.111 e. The maximum absolute atomic E-state index is 6.36. The van der Waals surface area contributed by atoms with Crippen LogP contribution in [0.15, 0.2) is 34.8 Å². The molecule has 3 rings (SSSR count). The summed E-state index contributed by atoms with van der Waals surface area (Å²) in [6, 6.07) is 9.38. The molecule has 3 nitrogen and oxygen atoms in total. The van der Waals surface area contributed by atoms with Crippen LogP contribution in [0.2, 0.25) is 10.0 Å². The molecule has 0 radical (unpaired) electrons. The van der Waals surface area contributed by atoms with Crippen LogP contribution in [0.4, 0.5) is 5.69 Å². The molecule has 0 fully saturated rings. The van der Waals surface area contributed by atoms with Gasteiger partial charge < -0.3 is 5.73 Å². The Labute approximate surface area is 134 Å². The average molecular weight is 371 g/mol. The van der Waals surface area contributed by atoms with E-state index in [1.165, 1.54) is 0 Å². The van der Waals surface area contributed by atoms with Crippen LogP contribution in [-0.2, 0) is 0 Å². The quantitative estimate of drug-likeness (QED) is 0.484. The van der Waals surface area contributed by atoms with E-state index >= 15 is 0 Å². The van der Waals surface area contributed by atoms with Gasteiger partial charge in [-0.25, -0.2) is 4.98 Å². The highest BCUT2D eigenvalue weighted by molar-refractivity contribution is 9.10. The molecule has 102 valence electrons. The summed E-state index contributed by atoms with van der Waals surface area (Å²) in [5, 5.41) is 0.973. The molecule has 2 N–H and O–H groups in total. The first-order valence-electron chi connectivity index (χ1n) is 5.87. The zero-order valence-corrected chi connectivity index (χ0v) is 13.6. The number of hydrogen-bond donors (Lipinski definition) is 1. The number of imidazole rings is 1. The number of halogens is 3. The van der Waals surface area contributed by atoms with E-state index in [0.29, 0.717) is 15.7 Å². The Balaban J connectivity index is 2.35. The molecule has 0 aliphatic heterocycles. The number of hydrogen-bond acceptors (Lipinski definition) is 2. The van der Waals surface area contributed by atoms with Crippen LogP contribution in [-0.4, -0.2) is 9.55 Å². The molecule has 6 heteroatoms. The fourth-order valence-electron chi connectivity index (χ4n) is 2.21. The van der Waals surface area contributed by atoms with E-state index < -0.39 is 0 Å². The van der Waals surface area contributed by atoms with Crippen LogP contribution in [0.25, 0.3) is 16.7 Å². The number of fused-ring (bicyclic) bond motifs is 1. The fraction of sp³-hybridized carbons (Fsp3) is 0.0714. The molecular weight excluding hydrogens is 361 g/mol. The highest BCUT2D eigenvalue weighted by Crippen LogP contribution is 2.36. The monoisotopic (exact) mass is 369 g/mol. The van der Waals surface area contributed by atoms with Crippen molar-refractivity contribution in [1.29, 1.82) is 0 Å². The third-order valence-electron chi connectivity index (χ3n) is 3.10. The molecule has 1 aromatic heterocycles. The summed E-state index contributed by atoms with van der Waals surface area (Å²) in [4.78, 5) is 4.51. The van der Waals surface area contributed by atoms with Gasteiger partial charge in [-0.2, -0.15) is 0 Å². The van der Waals surface area contributed by atoms with E-state index in [0.717, 1.165) is 27.0 Å². The third kappa shape index (κ3) is 2.08. The number of anilines is 1. The Morgan fingerprint density at radius 3 is 2.65 bits per heavy atom. The number of aromatic nitrogens is 2. The van der Waals surface area contributed by atoms with E-state index in [9.17, 15) is 0 Å². The SMILES string of the molecule is Cc1nc2cc(N)ccc2n1-c1ccc(Br)c(Cl)c1Cl. The number of rotatable bonds is 1. The first-order valence-corrected chi connectivity index (χ1v) is 7.42. The lowest BCUT2D eigenvalue weighted by atomic mass is 10.2. The van der Waals surface area contributed by atoms with Crippen LogP contribution in [0.5, 0.6) is 0 Å². The normalized spacial score (nSPS) is 11.2. The molecule has 0 saturated carbocycles. The Morgan fingerprint density at radius 1 is 1.15 bits per heavy atom. The van der Waals surface area contributed by atoms with E-state index in [-0.39, 0.29) is 0 Å². The summed E-state index contributed by atoms with van der Waals surface area (Å²) in [6.45, 7) is 1.92. The van der Waals surface area contributed by atoms with E-state index in [1.807, 2.05) is 41.8 Å². The topological polar surface area (TPSA) is 43.8 Å². The molecule has 0 saturated heterocycles. The summed E-state index contributed by atoms with van der Waals surface area (Å²) < 4.78 is 2.73. The molecule has 3 aromatic rings. The Bertz CT molecular complexity index is 827. The molecule has 1 heterocycles. The van der Waals surface area contributed by atoms with Crippen molar-refractivity contribution in [1.82, 2.24) is 9.55 Å². The maximum atomic E-state index is 6.36. The van der Waals surface area contributed by atoms with Crippen molar-refractivity contribution in [3.05, 3.63) is 50.7 Å². The van der Waals surface area contributed by atoms with Gasteiger partial charge in [-0.15, -0.1) is 0 Å². The van der Waals surface area contributed by atoms with Crippen molar-refractivity contribution in [3.63, 3.8) is 0 Å². The van der Waals surface area contributed by atoms with Gasteiger partial charge in [0.05, 0.1) is 26.8 Å². The van der Waals surface area contributed by atoms with Gasteiger partial charge in [-0.1, -0.05) is 23.2 Å². The minimum Gasteiger partial charge on any atom is -0.399 e. The number of nitrogens with zero attached hydrogens (tertiary/aromatic N) is 2. The Kier molecular flexibility index (Phi) is 3.40. The fourth-order valence-corrected chi connectivity index (χ4v) is 3.06. The van der Waals surface area contributed by atoms with Crippen LogP contribution < -0.4 is 5.73 Å². The van der Waals surface area contributed by atoms with Gasteiger partial charge >= 0.3 is 0 Å². The van der Waals surface area contributed by atoms with E-state index in [4.69, 9.17) is 28.9 Å². The first kappa shape index (κ1) is 13.7. The lowest BCUT2D eigenvalue weighted by Gasteiger charge is -2.11. The van der Waals surface area contributed by atoms with Gasteiger partial charge in [-0.3, -0.25) is 4.57 Å². The molecule has 2 aromatic carbocycles. The van der Waals surface area contributed by atoms with Crippen LogP contribution >= 0.6 is 39.1 Å². The standard InChI is InChI=1S/C14H10BrCl2N3/c1-7-19-10-6-8(18)2-4-11(10)20(7)12-5-3-9(15)13(16)14(12)17/h2-6H,18H2,1H3. The molecule has 0 amide bonds. The minimum absolute atomic E-state index is 0.486. The number of nitrogens with two attached hydrogens (primary N) is 1. The van der Waals surface area contributed by atoms with Crippen molar-refractivity contribution in [3.8, 4) is 5.69 Å². The van der Waals surface area contributed by atoms with Crippen molar-refractivity contribution < 1.29 is 0 Å². The third-order valence-corrected chi connectivity index (χ3v) is 4.86. The van der Waals surface area contributed by atoms with Crippen LogP contribution in [0, 0.1) is 6.92 Å². The van der Waals surface area contributed by atoms with Crippen molar-refractivity contribution in [2.75, 3.05) is 5.73 Å². The van der Waals surface area contributed by atoms with Crippen LogP contribution in [0.1, 0.15) is 5.82 Å². The second-order valence-electron chi connectivity index (χ2n) is 4.44. The summed E-state index contributed by atoms with van der Waals surface area (Å²) in [6.07, 6.45) is 0.